The van der Waals surface area contributed by atoms with Crippen LogP contribution in [0.3, 0.4) is 0 Å². The summed E-state index contributed by atoms with van der Waals surface area (Å²) in [5.74, 6) is 0. The first-order valence-corrected chi connectivity index (χ1v) is 3.04. The van der Waals surface area contributed by atoms with E-state index < -0.39 is 10.4 Å². The van der Waals surface area contributed by atoms with Gasteiger partial charge < -0.3 is 0 Å². The minimum atomic E-state index is -4.17. The van der Waals surface area contributed by atoms with E-state index in [2.05, 4.69) is 4.18 Å². The third kappa shape index (κ3) is 10.2. The van der Waals surface area contributed by atoms with Crippen LogP contribution in [0.15, 0.2) is 0 Å². The van der Waals surface area contributed by atoms with Gasteiger partial charge in [-0.15, -0.1) is 0 Å². The van der Waals surface area contributed by atoms with Crippen LogP contribution < -0.4 is 0 Å². The number of hydrogen-bond acceptors (Lipinski definition) is 3. The van der Waals surface area contributed by atoms with E-state index in [4.69, 9.17) is 4.55 Å². The zero-order valence-electron chi connectivity index (χ0n) is 4.20. The molecule has 0 aliphatic carbocycles. The fraction of sp³-hybridized carbons (Fsp3) is 1.00. The summed E-state index contributed by atoms with van der Waals surface area (Å²) in [5, 5.41) is 0. The maximum atomic E-state index is 9.56. The van der Waals surface area contributed by atoms with E-state index in [1.807, 2.05) is 0 Å². The normalized spacial score (nSPS) is 10.2. The van der Waals surface area contributed by atoms with Gasteiger partial charge in [-0.25, -0.2) is 4.18 Å². The molecule has 0 saturated carbocycles. The third-order valence-electron chi connectivity index (χ3n) is 0.267. The molecule has 0 amide bonds. The Balaban J connectivity index is 0. The van der Waals surface area contributed by atoms with Gasteiger partial charge in [-0.2, -0.15) is 8.42 Å². The van der Waals surface area contributed by atoms with Crippen molar-refractivity contribution >= 4 is 10.4 Å². The van der Waals surface area contributed by atoms with Gasteiger partial charge in [-0.1, -0.05) is 0 Å². The molecule has 0 aromatic rings. The molecule has 0 aliphatic rings. The van der Waals surface area contributed by atoms with Crippen molar-refractivity contribution in [2.24, 2.45) is 0 Å². The van der Waals surface area contributed by atoms with E-state index in [9.17, 15) is 8.42 Å². The van der Waals surface area contributed by atoms with Crippen LogP contribution in [0, 0.1) is 40.4 Å². The van der Waals surface area contributed by atoms with Crippen LogP contribution in [0.1, 0.15) is 6.92 Å². The van der Waals surface area contributed by atoms with Gasteiger partial charge >= 0.3 is 10.4 Å². The molecule has 0 aliphatic heterocycles. The van der Waals surface area contributed by atoms with Crippen LogP contribution in [0.2, 0.25) is 0 Å². The summed E-state index contributed by atoms with van der Waals surface area (Å²) < 4.78 is 30.7. The van der Waals surface area contributed by atoms with E-state index in [0.717, 1.165) is 0 Å². The smallest absolute Gasteiger partial charge is 0.264 e. The van der Waals surface area contributed by atoms with Gasteiger partial charge in [0, 0.05) is 40.4 Å². The summed E-state index contributed by atoms with van der Waals surface area (Å²) in [6.45, 7) is 1.44. The second kappa shape index (κ2) is 5.03. The van der Waals surface area contributed by atoms with Crippen molar-refractivity contribution in [3.05, 3.63) is 0 Å². The zero-order valence-corrected chi connectivity index (χ0v) is 7.63. The zero-order chi connectivity index (χ0) is 5.91. The predicted molar refractivity (Wildman–Crippen MR) is 23.2 cm³/mol. The predicted octanol–water partition coefficient (Wildman–Crippen LogP) is -0.174. The van der Waals surface area contributed by atoms with E-state index in [0.29, 0.717) is 0 Å². The third-order valence-corrected chi connectivity index (χ3v) is 0.800. The van der Waals surface area contributed by atoms with E-state index in [1.165, 1.54) is 6.92 Å². The molecule has 0 bridgehead atoms. The Kier molecular flexibility index (Phi) is 7.51. The van der Waals surface area contributed by atoms with Gasteiger partial charge in [-0.3, -0.25) is 4.55 Å². The summed E-state index contributed by atoms with van der Waals surface area (Å²) in [6, 6.07) is 0. The Labute approximate surface area is 80.7 Å². The Morgan fingerprint density at radius 3 is 2.00 bits per heavy atom. The first kappa shape index (κ1) is 11.9. The second-order valence-electron chi connectivity index (χ2n) is 0.834. The molecule has 0 unspecified atom stereocenters. The summed E-state index contributed by atoms with van der Waals surface area (Å²) in [4.78, 5) is 0. The maximum absolute atomic E-state index is 9.56. The summed E-state index contributed by atoms with van der Waals surface area (Å²) >= 11 is 0. The molecule has 0 radical (unpaired) electrons. The van der Waals surface area contributed by atoms with Crippen molar-refractivity contribution in [1.82, 2.24) is 0 Å². The van der Waals surface area contributed by atoms with Crippen molar-refractivity contribution in [2.75, 3.05) is 6.61 Å². The standard InChI is InChI=1S/C2H6O4S.Sm/c1-2-6-7(3,4)5;/h2H2,1H3,(H,3,4,5);. The van der Waals surface area contributed by atoms with Crippen LogP contribution in [-0.2, 0) is 14.6 Å². The fourth-order valence-electron chi connectivity index (χ4n) is 0.149. The second-order valence-corrected chi connectivity index (χ2v) is 1.93. The Bertz CT molecular complexity index is 127. The molecule has 4 nitrogen and oxygen atoms in total. The summed E-state index contributed by atoms with van der Waals surface area (Å²) in [5.41, 5.74) is 0. The Morgan fingerprint density at radius 2 is 2.00 bits per heavy atom. The van der Waals surface area contributed by atoms with E-state index >= 15 is 0 Å². The molecule has 0 atom stereocenters. The first-order valence-electron chi connectivity index (χ1n) is 1.68. The molecule has 8 heavy (non-hydrogen) atoms. The van der Waals surface area contributed by atoms with Crippen molar-refractivity contribution in [2.45, 2.75) is 6.92 Å². The quantitative estimate of drug-likeness (QED) is 0.711. The van der Waals surface area contributed by atoms with E-state index in [1.54, 1.807) is 0 Å². The van der Waals surface area contributed by atoms with Crippen molar-refractivity contribution in [3.63, 3.8) is 0 Å². The average molecular weight is 276 g/mol. The first-order chi connectivity index (χ1) is 3.06. The minimum absolute atomic E-state index is 0. The molecule has 0 spiro atoms. The van der Waals surface area contributed by atoms with Crippen molar-refractivity contribution < 1.29 is 57.5 Å². The topological polar surface area (TPSA) is 63.6 Å². The SMILES string of the molecule is CCOS(=O)(=O)O.[Sm]. The van der Waals surface area contributed by atoms with Crippen LogP contribution in [0.4, 0.5) is 0 Å². The van der Waals surface area contributed by atoms with Crippen LogP contribution in [0.5, 0.6) is 0 Å². The molecule has 0 heterocycles. The molecule has 0 saturated heterocycles. The van der Waals surface area contributed by atoms with Gasteiger partial charge in [0.25, 0.3) is 0 Å². The monoisotopic (exact) mass is 278 g/mol. The fourth-order valence-corrected chi connectivity index (χ4v) is 0.447. The van der Waals surface area contributed by atoms with Gasteiger partial charge in [0.1, 0.15) is 0 Å². The largest absolute Gasteiger partial charge is 0.397 e. The van der Waals surface area contributed by atoms with Crippen LogP contribution >= 0.6 is 0 Å². The summed E-state index contributed by atoms with van der Waals surface area (Å²) in [7, 11) is -4.17. The van der Waals surface area contributed by atoms with Crippen LogP contribution in [0.25, 0.3) is 0 Å². The van der Waals surface area contributed by atoms with Crippen LogP contribution in [-0.4, -0.2) is 19.6 Å². The van der Waals surface area contributed by atoms with Gasteiger partial charge in [0.15, 0.2) is 0 Å². The molecule has 0 rings (SSSR count). The average Bonchev–Trinajstić information content (AvgIpc) is 1.30. The number of rotatable bonds is 2. The molecule has 50 valence electrons. The van der Waals surface area contributed by atoms with E-state index in [-0.39, 0.29) is 47.0 Å². The molecular formula is C2H6O4SSm. The molecule has 0 aromatic heterocycles. The maximum Gasteiger partial charge on any atom is 0.397 e. The Hall–Kier alpha value is 1.21. The molecule has 1 N–H and O–H groups in total. The molecular weight excluding hydrogens is 270 g/mol. The number of hydrogen-bond donors (Lipinski definition) is 1. The molecule has 0 aromatic carbocycles. The molecule has 0 fully saturated rings. The van der Waals surface area contributed by atoms with Gasteiger partial charge in [-0.05, 0) is 6.92 Å². The summed E-state index contributed by atoms with van der Waals surface area (Å²) in [6.07, 6.45) is 0. The van der Waals surface area contributed by atoms with Gasteiger partial charge in [0.2, 0.25) is 0 Å². The minimum Gasteiger partial charge on any atom is -0.264 e. The Morgan fingerprint density at radius 1 is 1.62 bits per heavy atom. The van der Waals surface area contributed by atoms with Crippen molar-refractivity contribution in [1.29, 1.82) is 0 Å². The van der Waals surface area contributed by atoms with Gasteiger partial charge in [0.05, 0.1) is 6.61 Å². The molecule has 6 heteroatoms. The van der Waals surface area contributed by atoms with Crippen molar-refractivity contribution in [3.8, 4) is 0 Å².